The van der Waals surface area contributed by atoms with Crippen molar-refractivity contribution in [2.45, 2.75) is 12.8 Å². The van der Waals surface area contributed by atoms with Gasteiger partial charge in [0.25, 0.3) is 0 Å². The van der Waals surface area contributed by atoms with Crippen molar-refractivity contribution in [1.29, 1.82) is 0 Å². The highest BCUT2D eigenvalue weighted by atomic mass is 32.2. The van der Waals surface area contributed by atoms with Crippen molar-refractivity contribution >= 4 is 37.5 Å². The lowest BCUT2D eigenvalue weighted by atomic mass is 10.1. The van der Waals surface area contributed by atoms with Crippen LogP contribution in [-0.2, 0) is 19.7 Å². The molecule has 3 rings (SSSR count). The lowest BCUT2D eigenvalue weighted by Crippen LogP contribution is -2.33. The van der Waals surface area contributed by atoms with Crippen LogP contribution in [0, 0.1) is 11.8 Å². The summed E-state index contributed by atoms with van der Waals surface area (Å²) in [6, 6.07) is 5.76. The van der Waals surface area contributed by atoms with E-state index in [1.165, 1.54) is 6.07 Å². The number of ether oxygens (including phenoxy) is 1. The maximum absolute atomic E-state index is 12.0. The van der Waals surface area contributed by atoms with Gasteiger partial charge < -0.3 is 20.7 Å². The van der Waals surface area contributed by atoms with Crippen molar-refractivity contribution in [3.05, 3.63) is 24.3 Å². The molecule has 2 unspecified atom stereocenters. The van der Waals surface area contributed by atoms with Crippen LogP contribution < -0.4 is 20.7 Å². The van der Waals surface area contributed by atoms with E-state index in [1.807, 2.05) is 0 Å². The van der Waals surface area contributed by atoms with E-state index in [1.54, 1.807) is 18.2 Å². The first-order valence-corrected chi connectivity index (χ1v) is 13.3. The number of sulfone groups is 2. The second-order valence-corrected chi connectivity index (χ2v) is 12.1. The van der Waals surface area contributed by atoms with E-state index in [0.29, 0.717) is 18.5 Å². The summed E-state index contributed by atoms with van der Waals surface area (Å²) in [5.74, 6) is 0.446. The molecule has 2 atom stereocenters. The number of anilines is 1. The summed E-state index contributed by atoms with van der Waals surface area (Å²) in [5, 5.41) is 7.81. The fourth-order valence-electron chi connectivity index (χ4n) is 3.49. The molecule has 3 amide bonds. The first-order valence-electron chi connectivity index (χ1n) is 9.62. The molecule has 1 aromatic carbocycles. The van der Waals surface area contributed by atoms with Crippen molar-refractivity contribution < 1.29 is 31.2 Å². The number of urea groups is 1. The monoisotopic (exact) mass is 459 g/mol. The lowest BCUT2D eigenvalue weighted by Gasteiger charge is -2.12. The summed E-state index contributed by atoms with van der Waals surface area (Å²) in [7, 11) is -6.00. The number of hydrogen-bond acceptors (Lipinski definition) is 7. The van der Waals surface area contributed by atoms with Gasteiger partial charge in [0.2, 0.25) is 0 Å². The zero-order valence-electron chi connectivity index (χ0n) is 16.3. The maximum atomic E-state index is 12.0. The first-order chi connectivity index (χ1) is 14.1. The summed E-state index contributed by atoms with van der Waals surface area (Å²) in [5.41, 5.74) is 0.402. The highest BCUT2D eigenvalue weighted by Gasteiger charge is 2.29. The summed E-state index contributed by atoms with van der Waals surface area (Å²) in [6.07, 6.45) is 0.348. The van der Waals surface area contributed by atoms with Gasteiger partial charge >= 0.3 is 12.1 Å². The number of hydrogen-bond donors (Lipinski definition) is 3. The first kappa shape index (κ1) is 22.3. The second kappa shape index (κ2) is 9.21. The highest BCUT2D eigenvalue weighted by molar-refractivity contribution is 7.91. The van der Waals surface area contributed by atoms with Crippen molar-refractivity contribution in [1.82, 2.24) is 10.6 Å². The zero-order chi connectivity index (χ0) is 21.8. The van der Waals surface area contributed by atoms with E-state index in [0.717, 1.165) is 0 Å². The van der Waals surface area contributed by atoms with Crippen LogP contribution in [0.2, 0.25) is 0 Å². The fourth-order valence-corrected chi connectivity index (χ4v) is 7.21. The molecular weight excluding hydrogens is 434 g/mol. The van der Waals surface area contributed by atoms with Crippen LogP contribution in [0.3, 0.4) is 0 Å². The average molecular weight is 460 g/mol. The second-order valence-electron chi connectivity index (χ2n) is 7.67. The highest BCUT2D eigenvalue weighted by Crippen LogP contribution is 2.20. The summed E-state index contributed by atoms with van der Waals surface area (Å²) >= 11 is 0. The zero-order valence-corrected chi connectivity index (χ0v) is 17.9. The molecule has 30 heavy (non-hydrogen) atoms. The Kier molecular flexibility index (Phi) is 6.86. The molecule has 12 heteroatoms. The van der Waals surface area contributed by atoms with Gasteiger partial charge in [-0.25, -0.2) is 26.4 Å². The predicted molar refractivity (Wildman–Crippen MR) is 111 cm³/mol. The largest absolute Gasteiger partial charge is 0.412 e. The number of benzene rings is 1. The molecular formula is C18H25N3O7S2. The Morgan fingerprint density at radius 2 is 1.53 bits per heavy atom. The molecule has 10 nitrogen and oxygen atoms in total. The summed E-state index contributed by atoms with van der Waals surface area (Å²) in [6.45, 7) is 0.482. The van der Waals surface area contributed by atoms with E-state index in [2.05, 4.69) is 16.0 Å². The number of carbonyl (C=O) groups is 2. The van der Waals surface area contributed by atoms with Gasteiger partial charge in [-0.1, -0.05) is 6.07 Å². The molecule has 0 spiro atoms. The minimum Gasteiger partial charge on any atom is -0.410 e. The lowest BCUT2D eigenvalue weighted by molar-refractivity contribution is 0.199. The minimum absolute atomic E-state index is 0.0641. The molecule has 2 aliphatic rings. The molecule has 0 aromatic heterocycles. The Labute approximate surface area is 175 Å². The van der Waals surface area contributed by atoms with Crippen molar-refractivity contribution in [3.63, 3.8) is 0 Å². The third-order valence-electron chi connectivity index (χ3n) is 5.04. The van der Waals surface area contributed by atoms with Crippen LogP contribution in [0.25, 0.3) is 0 Å². The van der Waals surface area contributed by atoms with Crippen molar-refractivity contribution in [2.75, 3.05) is 41.4 Å². The molecule has 0 saturated carbocycles. The molecule has 2 aliphatic heterocycles. The van der Waals surface area contributed by atoms with E-state index in [-0.39, 0.29) is 53.7 Å². The van der Waals surface area contributed by atoms with Gasteiger partial charge in [-0.3, -0.25) is 0 Å². The normalized spacial score (nSPS) is 24.1. The molecule has 2 saturated heterocycles. The van der Waals surface area contributed by atoms with Gasteiger partial charge in [0.05, 0.1) is 23.0 Å². The van der Waals surface area contributed by atoms with E-state index >= 15 is 0 Å². The van der Waals surface area contributed by atoms with Crippen molar-refractivity contribution in [3.8, 4) is 5.75 Å². The quantitative estimate of drug-likeness (QED) is 0.569. The van der Waals surface area contributed by atoms with Gasteiger partial charge in [-0.15, -0.1) is 0 Å². The molecule has 1 aromatic rings. The molecule has 3 N–H and O–H groups in total. The van der Waals surface area contributed by atoms with Crippen LogP contribution in [0.4, 0.5) is 15.3 Å². The van der Waals surface area contributed by atoms with Crippen LogP contribution in [0.5, 0.6) is 5.75 Å². The third kappa shape index (κ3) is 6.87. The number of amides is 3. The number of rotatable bonds is 6. The van der Waals surface area contributed by atoms with Gasteiger partial charge in [-0.2, -0.15) is 0 Å². The Balaban J connectivity index is 1.42. The Hall–Kier alpha value is -2.34. The predicted octanol–water partition coefficient (Wildman–Crippen LogP) is 0.766. The summed E-state index contributed by atoms with van der Waals surface area (Å²) < 4.78 is 51.0. The molecule has 0 radical (unpaired) electrons. The van der Waals surface area contributed by atoms with Crippen LogP contribution in [0.15, 0.2) is 24.3 Å². The third-order valence-corrected chi connectivity index (χ3v) is 8.72. The van der Waals surface area contributed by atoms with Crippen molar-refractivity contribution in [2.24, 2.45) is 11.8 Å². The van der Waals surface area contributed by atoms with Crippen LogP contribution >= 0.6 is 0 Å². The minimum atomic E-state index is -3.00. The molecule has 2 fully saturated rings. The average Bonchev–Trinajstić information content (AvgIpc) is 3.19. The Morgan fingerprint density at radius 3 is 2.10 bits per heavy atom. The van der Waals surface area contributed by atoms with E-state index < -0.39 is 31.8 Å². The van der Waals surface area contributed by atoms with Gasteiger partial charge in [0, 0.05) is 24.8 Å². The van der Waals surface area contributed by atoms with E-state index in [4.69, 9.17) is 4.74 Å². The van der Waals surface area contributed by atoms with Gasteiger partial charge in [0.1, 0.15) is 5.75 Å². The van der Waals surface area contributed by atoms with Crippen LogP contribution in [-0.4, -0.2) is 65.1 Å². The molecule has 2 heterocycles. The SMILES string of the molecule is O=C(NCC1CCS(=O)(=O)C1)Nc1cccc(OC(=O)NCC2CCS(=O)(=O)C2)c1. The number of carbonyl (C=O) groups excluding carboxylic acids is 2. The number of nitrogens with one attached hydrogen (secondary N) is 3. The standard InChI is InChI=1S/C18H25N3O7S2/c22-17(19-9-13-4-6-29(24,25)11-13)21-15-2-1-3-16(8-15)28-18(23)20-10-14-5-7-30(26,27)12-14/h1-3,8,13-14H,4-7,9-12H2,(H,20,23)(H2,19,21,22). The van der Waals surface area contributed by atoms with E-state index in [9.17, 15) is 26.4 Å². The van der Waals surface area contributed by atoms with Crippen LogP contribution in [0.1, 0.15) is 12.8 Å². The fraction of sp³-hybridized carbons (Fsp3) is 0.556. The topological polar surface area (TPSA) is 148 Å². The van der Waals surface area contributed by atoms with Gasteiger partial charge in [-0.05, 0) is 36.8 Å². The molecule has 166 valence electrons. The maximum Gasteiger partial charge on any atom is 0.412 e. The molecule has 0 bridgehead atoms. The van der Waals surface area contributed by atoms with Gasteiger partial charge in [0.15, 0.2) is 19.7 Å². The Bertz CT molecular complexity index is 931. The summed E-state index contributed by atoms with van der Waals surface area (Å²) in [4.78, 5) is 24.0. The Morgan fingerprint density at radius 1 is 0.933 bits per heavy atom. The smallest absolute Gasteiger partial charge is 0.410 e. The molecule has 0 aliphatic carbocycles.